The van der Waals surface area contributed by atoms with Crippen molar-refractivity contribution in [2.75, 3.05) is 9.80 Å². The minimum absolute atomic E-state index is 0.290. The first-order valence-electron chi connectivity index (χ1n) is 23.6. The standard InChI is InChI=1S/C65H47N3/c1-65(2)60-23-13-14-24-63(60)68-62-38-37-56(66(54-35-29-46-19-9-11-21-50(46)39-54)52-31-25-48(26-32-52)44-15-5-3-6-16-44)41-58(62)59-42-57(43-61(65)64(59)68)67(55-36-30-47-20-10-12-22-51(47)40-55)53-33-27-49(28-34-53)45-17-7-4-8-18-45/h3-43H,1-2H3. The number of anilines is 6. The van der Waals surface area contributed by atoms with Crippen molar-refractivity contribution in [3.8, 4) is 27.9 Å². The van der Waals surface area contributed by atoms with Crippen molar-refractivity contribution in [2.45, 2.75) is 19.3 Å². The number of hydrogen-bond acceptors (Lipinski definition) is 2. The molecule has 0 N–H and O–H groups in total. The lowest BCUT2D eigenvalue weighted by Gasteiger charge is -2.36. The monoisotopic (exact) mass is 869 g/mol. The molecule has 68 heavy (non-hydrogen) atoms. The summed E-state index contributed by atoms with van der Waals surface area (Å²) in [6.07, 6.45) is 0. The van der Waals surface area contributed by atoms with Crippen molar-refractivity contribution in [3.05, 3.63) is 260 Å². The Morgan fingerprint density at radius 3 is 1.31 bits per heavy atom. The molecule has 0 radical (unpaired) electrons. The number of rotatable bonds is 8. The Labute approximate surface area is 397 Å². The second-order valence-electron chi connectivity index (χ2n) is 18.6. The van der Waals surface area contributed by atoms with E-state index in [0.29, 0.717) is 0 Å². The maximum atomic E-state index is 2.53. The second kappa shape index (κ2) is 15.8. The maximum Gasteiger partial charge on any atom is 0.0583 e. The minimum atomic E-state index is -0.290. The summed E-state index contributed by atoms with van der Waals surface area (Å²) in [5, 5.41) is 7.29. The number of hydrogen-bond donors (Lipinski definition) is 0. The van der Waals surface area contributed by atoms with E-state index in [-0.39, 0.29) is 5.41 Å². The fraction of sp³-hybridized carbons (Fsp3) is 0.0462. The lowest BCUT2D eigenvalue weighted by molar-refractivity contribution is 0.630. The Bertz CT molecular complexity index is 3870. The minimum Gasteiger partial charge on any atom is -0.310 e. The van der Waals surface area contributed by atoms with Crippen molar-refractivity contribution >= 4 is 77.5 Å². The molecule has 11 aromatic carbocycles. The highest BCUT2D eigenvalue weighted by Gasteiger charge is 2.36. The highest BCUT2D eigenvalue weighted by molar-refractivity contribution is 6.14. The summed E-state index contributed by atoms with van der Waals surface area (Å²) in [5.74, 6) is 0. The van der Waals surface area contributed by atoms with Gasteiger partial charge in [0, 0.05) is 50.3 Å². The fourth-order valence-electron chi connectivity index (χ4n) is 10.9. The van der Waals surface area contributed by atoms with Gasteiger partial charge in [-0.15, -0.1) is 0 Å². The van der Waals surface area contributed by atoms with Crippen molar-refractivity contribution < 1.29 is 0 Å². The van der Waals surface area contributed by atoms with E-state index in [1.807, 2.05) is 0 Å². The first kappa shape index (κ1) is 39.7. The largest absolute Gasteiger partial charge is 0.310 e. The fourth-order valence-corrected chi connectivity index (χ4v) is 10.9. The van der Waals surface area contributed by atoms with E-state index in [4.69, 9.17) is 0 Å². The number of fused-ring (bicyclic) bond motifs is 7. The van der Waals surface area contributed by atoms with Crippen LogP contribution in [0.5, 0.6) is 0 Å². The highest BCUT2D eigenvalue weighted by atomic mass is 15.2. The van der Waals surface area contributed by atoms with Gasteiger partial charge < -0.3 is 14.4 Å². The van der Waals surface area contributed by atoms with Crippen LogP contribution in [0.2, 0.25) is 0 Å². The predicted octanol–water partition coefficient (Wildman–Crippen LogP) is 18.0. The molecule has 0 spiro atoms. The van der Waals surface area contributed by atoms with Crippen LogP contribution < -0.4 is 9.80 Å². The molecule has 3 heteroatoms. The van der Waals surface area contributed by atoms with E-state index < -0.39 is 0 Å². The van der Waals surface area contributed by atoms with Gasteiger partial charge in [0.05, 0.1) is 16.7 Å². The van der Waals surface area contributed by atoms with Crippen LogP contribution in [0, 0.1) is 0 Å². The normalized spacial score (nSPS) is 12.7. The SMILES string of the molecule is CC1(C)c2ccccc2-n2c3ccc(N(c4ccc(-c5ccccc5)cc4)c4ccc5ccccc5c4)cc3c3cc(N(c4ccc(-c5ccccc5)cc4)c4ccc5ccccc5c4)cc1c32. The van der Waals surface area contributed by atoms with Crippen LogP contribution >= 0.6 is 0 Å². The second-order valence-corrected chi connectivity index (χ2v) is 18.6. The molecule has 1 aliphatic rings. The molecule has 2 heterocycles. The molecule has 1 aliphatic heterocycles. The van der Waals surface area contributed by atoms with Crippen LogP contribution in [0.25, 0.3) is 71.3 Å². The first-order chi connectivity index (χ1) is 33.5. The van der Waals surface area contributed by atoms with Crippen LogP contribution in [0.4, 0.5) is 34.1 Å². The zero-order valence-corrected chi connectivity index (χ0v) is 38.0. The molecule has 0 atom stereocenters. The number of nitrogens with zero attached hydrogens (tertiary/aromatic N) is 3. The molecule has 3 nitrogen and oxygen atoms in total. The third-order valence-corrected chi connectivity index (χ3v) is 14.3. The summed E-state index contributed by atoms with van der Waals surface area (Å²) >= 11 is 0. The zero-order chi connectivity index (χ0) is 45.3. The van der Waals surface area contributed by atoms with E-state index >= 15 is 0 Å². The number of para-hydroxylation sites is 1. The van der Waals surface area contributed by atoms with Crippen LogP contribution in [-0.2, 0) is 5.41 Å². The first-order valence-corrected chi connectivity index (χ1v) is 23.6. The Morgan fingerprint density at radius 1 is 0.309 bits per heavy atom. The van der Waals surface area contributed by atoms with E-state index in [1.54, 1.807) is 0 Å². The van der Waals surface area contributed by atoms with Gasteiger partial charge in [-0.05, 0) is 140 Å². The zero-order valence-electron chi connectivity index (χ0n) is 38.0. The molecule has 1 aromatic heterocycles. The number of benzene rings is 11. The lowest BCUT2D eigenvalue weighted by atomic mass is 9.74. The summed E-state index contributed by atoms with van der Waals surface area (Å²) in [7, 11) is 0. The van der Waals surface area contributed by atoms with Crippen LogP contribution in [0.1, 0.15) is 25.0 Å². The molecule has 0 saturated carbocycles. The maximum absolute atomic E-state index is 2.53. The van der Waals surface area contributed by atoms with Crippen molar-refractivity contribution in [2.24, 2.45) is 0 Å². The third-order valence-electron chi connectivity index (χ3n) is 14.3. The molecule has 0 amide bonds. The highest BCUT2D eigenvalue weighted by Crippen LogP contribution is 2.51. The Kier molecular flexibility index (Phi) is 9.19. The molecule has 12 aromatic rings. The lowest BCUT2D eigenvalue weighted by Crippen LogP contribution is -2.26. The molecule has 13 rings (SSSR count). The average Bonchev–Trinajstić information content (AvgIpc) is 3.72. The van der Waals surface area contributed by atoms with E-state index in [2.05, 4.69) is 277 Å². The van der Waals surface area contributed by atoms with Gasteiger partial charge in [0.2, 0.25) is 0 Å². The summed E-state index contributed by atoms with van der Waals surface area (Å²) < 4.78 is 2.53. The summed E-state index contributed by atoms with van der Waals surface area (Å²) in [4.78, 5) is 4.87. The van der Waals surface area contributed by atoms with Gasteiger partial charge in [-0.3, -0.25) is 0 Å². The van der Waals surface area contributed by atoms with Gasteiger partial charge in [0.15, 0.2) is 0 Å². The molecule has 0 unspecified atom stereocenters. The van der Waals surface area contributed by atoms with Gasteiger partial charge in [0.25, 0.3) is 0 Å². The van der Waals surface area contributed by atoms with E-state index in [1.165, 1.54) is 82.4 Å². The summed E-state index contributed by atoms with van der Waals surface area (Å²) in [6.45, 7) is 4.79. The van der Waals surface area contributed by atoms with Crippen molar-refractivity contribution in [3.63, 3.8) is 0 Å². The van der Waals surface area contributed by atoms with E-state index in [9.17, 15) is 0 Å². The Morgan fingerprint density at radius 2 is 0.735 bits per heavy atom. The molecule has 0 fully saturated rings. The van der Waals surface area contributed by atoms with Gasteiger partial charge in [0.1, 0.15) is 0 Å². The molecule has 0 bridgehead atoms. The van der Waals surface area contributed by atoms with E-state index in [0.717, 1.165) is 34.1 Å². The van der Waals surface area contributed by atoms with Crippen molar-refractivity contribution in [1.82, 2.24) is 4.57 Å². The Hall–Kier alpha value is -8.66. The number of aromatic nitrogens is 1. The molecule has 0 saturated heterocycles. The molecule has 322 valence electrons. The summed E-state index contributed by atoms with van der Waals surface area (Å²) in [5.41, 5.74) is 17.4. The topological polar surface area (TPSA) is 11.4 Å². The molecular weight excluding hydrogens is 823 g/mol. The predicted molar refractivity (Wildman–Crippen MR) is 288 cm³/mol. The van der Waals surface area contributed by atoms with Gasteiger partial charge in [-0.25, -0.2) is 0 Å². The average molecular weight is 870 g/mol. The Balaban J connectivity index is 1.06. The van der Waals surface area contributed by atoms with Crippen LogP contribution in [0.15, 0.2) is 249 Å². The third kappa shape index (κ3) is 6.50. The van der Waals surface area contributed by atoms with Crippen LogP contribution in [0.3, 0.4) is 0 Å². The van der Waals surface area contributed by atoms with Crippen molar-refractivity contribution in [1.29, 1.82) is 0 Å². The molecular formula is C65H47N3. The van der Waals surface area contributed by atoms with Gasteiger partial charge >= 0.3 is 0 Å². The molecule has 0 aliphatic carbocycles. The quantitative estimate of drug-likeness (QED) is 0.151. The summed E-state index contributed by atoms with van der Waals surface area (Å²) in [6, 6.07) is 91.3. The van der Waals surface area contributed by atoms with Crippen LogP contribution in [-0.4, -0.2) is 4.57 Å². The van der Waals surface area contributed by atoms with Gasteiger partial charge in [-0.1, -0.05) is 178 Å². The van der Waals surface area contributed by atoms with Gasteiger partial charge in [-0.2, -0.15) is 0 Å². The smallest absolute Gasteiger partial charge is 0.0583 e.